The van der Waals surface area contributed by atoms with Gasteiger partial charge in [0.05, 0.1) is 25.6 Å². The number of hydrogen-bond acceptors (Lipinski definition) is 5. The molecule has 0 fully saturated rings. The van der Waals surface area contributed by atoms with Gasteiger partial charge in [-0.05, 0) is 42.7 Å². The van der Waals surface area contributed by atoms with Crippen LogP contribution < -0.4 is 19.5 Å². The first-order valence-corrected chi connectivity index (χ1v) is 10.0. The van der Waals surface area contributed by atoms with Gasteiger partial charge in [0.15, 0.2) is 11.5 Å². The smallest absolute Gasteiger partial charge is 0.264 e. The fourth-order valence-electron chi connectivity index (χ4n) is 2.85. The quantitative estimate of drug-likeness (QED) is 0.763. The Hall–Kier alpha value is -1.93. The number of rotatable bonds is 5. The average Bonchev–Trinajstić information content (AvgIpc) is 2.60. The largest absolute Gasteiger partial charge is 0.493 e. The number of nitrogens with one attached hydrogen (secondary N) is 2. The van der Waals surface area contributed by atoms with Crippen LogP contribution in [0.1, 0.15) is 12.0 Å². The molecule has 2 aromatic carbocycles. The molecule has 134 valence electrons. The lowest BCUT2D eigenvalue weighted by atomic mass is 10.0. The molecule has 0 amide bonds. The van der Waals surface area contributed by atoms with Crippen LogP contribution in [0.2, 0.25) is 0 Å². The second kappa shape index (κ2) is 7.13. The molecule has 0 saturated carbocycles. The van der Waals surface area contributed by atoms with Crippen molar-refractivity contribution in [1.29, 1.82) is 0 Å². The number of hydrogen-bond donors (Lipinski definition) is 2. The minimum Gasteiger partial charge on any atom is -0.493 e. The van der Waals surface area contributed by atoms with E-state index in [9.17, 15) is 8.42 Å². The number of aryl methyl sites for hydroxylation is 1. The molecule has 0 spiro atoms. The van der Waals surface area contributed by atoms with E-state index in [4.69, 9.17) is 9.47 Å². The minimum absolute atomic E-state index is 0.228. The standard InChI is InChI=1S/C17H19BrN2O4S/c1-23-14-6-5-13(10-15(14)24-2)20-25(21,22)16-9-12(18)8-11-4-3-7-19-17(11)16/h5-6,8-10,19-20H,3-4,7H2,1-2H3. The maximum atomic E-state index is 12.9. The lowest BCUT2D eigenvalue weighted by Gasteiger charge is -2.22. The lowest BCUT2D eigenvalue weighted by Crippen LogP contribution is -2.19. The summed E-state index contributed by atoms with van der Waals surface area (Å²) in [4.78, 5) is 0.228. The summed E-state index contributed by atoms with van der Waals surface area (Å²) in [6.45, 7) is 0.757. The molecule has 3 rings (SSSR count). The SMILES string of the molecule is COc1ccc(NS(=O)(=O)c2cc(Br)cc3c2NCCC3)cc1OC. The van der Waals surface area contributed by atoms with Gasteiger partial charge in [-0.1, -0.05) is 15.9 Å². The predicted octanol–water partition coefficient (Wildman–Crippen LogP) is 3.63. The summed E-state index contributed by atoms with van der Waals surface area (Å²) in [6.07, 6.45) is 1.83. The van der Waals surface area contributed by atoms with Crippen LogP contribution in [0.4, 0.5) is 11.4 Å². The van der Waals surface area contributed by atoms with Crippen molar-refractivity contribution in [3.8, 4) is 11.5 Å². The molecule has 2 N–H and O–H groups in total. The highest BCUT2D eigenvalue weighted by Gasteiger charge is 2.24. The Labute approximate surface area is 155 Å². The number of ether oxygens (including phenoxy) is 2. The van der Waals surface area contributed by atoms with Gasteiger partial charge in [-0.2, -0.15) is 0 Å². The van der Waals surface area contributed by atoms with Crippen LogP contribution in [-0.4, -0.2) is 29.2 Å². The Bertz CT molecular complexity index is 900. The zero-order chi connectivity index (χ0) is 18.0. The van der Waals surface area contributed by atoms with Crippen LogP contribution in [0.3, 0.4) is 0 Å². The first-order chi connectivity index (χ1) is 11.9. The van der Waals surface area contributed by atoms with Crippen molar-refractivity contribution < 1.29 is 17.9 Å². The van der Waals surface area contributed by atoms with E-state index >= 15 is 0 Å². The number of sulfonamides is 1. The Morgan fingerprint density at radius 3 is 2.60 bits per heavy atom. The molecule has 0 unspecified atom stereocenters. The van der Waals surface area contributed by atoms with Gasteiger partial charge >= 0.3 is 0 Å². The molecule has 0 aromatic heterocycles. The molecule has 0 bridgehead atoms. The second-order valence-electron chi connectivity index (χ2n) is 5.64. The van der Waals surface area contributed by atoms with Crippen molar-refractivity contribution in [2.24, 2.45) is 0 Å². The fraction of sp³-hybridized carbons (Fsp3) is 0.294. The van der Waals surface area contributed by atoms with E-state index in [1.165, 1.54) is 14.2 Å². The summed E-state index contributed by atoms with van der Waals surface area (Å²) in [5.41, 5.74) is 2.07. The van der Waals surface area contributed by atoms with E-state index < -0.39 is 10.0 Å². The highest BCUT2D eigenvalue weighted by Crippen LogP contribution is 2.35. The van der Waals surface area contributed by atoms with E-state index in [0.717, 1.165) is 29.4 Å². The minimum atomic E-state index is -3.76. The number of halogens is 1. The molecule has 25 heavy (non-hydrogen) atoms. The maximum absolute atomic E-state index is 12.9. The summed E-state index contributed by atoms with van der Waals surface area (Å²) in [6, 6.07) is 8.45. The summed E-state index contributed by atoms with van der Waals surface area (Å²) in [5.74, 6) is 0.990. The molecule has 1 heterocycles. The lowest BCUT2D eigenvalue weighted by molar-refractivity contribution is 0.355. The van der Waals surface area contributed by atoms with Crippen LogP contribution in [0.5, 0.6) is 11.5 Å². The van der Waals surface area contributed by atoms with Gasteiger partial charge in [0, 0.05) is 17.1 Å². The molecule has 1 aliphatic rings. The number of methoxy groups -OCH3 is 2. The monoisotopic (exact) mass is 426 g/mol. The molecular weight excluding hydrogens is 408 g/mol. The van der Waals surface area contributed by atoms with Crippen molar-refractivity contribution >= 4 is 37.3 Å². The zero-order valence-corrected chi connectivity index (χ0v) is 16.3. The van der Waals surface area contributed by atoms with Crippen molar-refractivity contribution in [2.45, 2.75) is 17.7 Å². The van der Waals surface area contributed by atoms with Crippen molar-refractivity contribution in [3.63, 3.8) is 0 Å². The van der Waals surface area contributed by atoms with Gasteiger partial charge in [0.2, 0.25) is 0 Å². The topological polar surface area (TPSA) is 76.7 Å². The van der Waals surface area contributed by atoms with Crippen LogP contribution in [-0.2, 0) is 16.4 Å². The molecule has 6 nitrogen and oxygen atoms in total. The van der Waals surface area contributed by atoms with Gasteiger partial charge in [-0.15, -0.1) is 0 Å². The third-order valence-electron chi connectivity index (χ3n) is 4.00. The predicted molar refractivity (Wildman–Crippen MR) is 101 cm³/mol. The first kappa shape index (κ1) is 17.9. The maximum Gasteiger partial charge on any atom is 0.264 e. The highest BCUT2D eigenvalue weighted by atomic mass is 79.9. The van der Waals surface area contributed by atoms with Gasteiger partial charge in [-0.25, -0.2) is 8.42 Å². The van der Waals surface area contributed by atoms with E-state index in [-0.39, 0.29) is 4.90 Å². The van der Waals surface area contributed by atoms with Crippen LogP contribution in [0.15, 0.2) is 39.7 Å². The molecule has 0 aliphatic carbocycles. The van der Waals surface area contributed by atoms with Crippen molar-refractivity contribution in [2.75, 3.05) is 30.8 Å². The fourth-order valence-corrected chi connectivity index (χ4v) is 4.81. The molecule has 1 aliphatic heterocycles. The van der Waals surface area contributed by atoms with Crippen molar-refractivity contribution in [1.82, 2.24) is 0 Å². The Morgan fingerprint density at radius 1 is 1.12 bits per heavy atom. The summed E-state index contributed by atoms with van der Waals surface area (Å²) >= 11 is 3.40. The molecular formula is C17H19BrN2O4S. The Kier molecular flexibility index (Phi) is 5.10. The molecule has 0 atom stereocenters. The molecule has 0 radical (unpaired) electrons. The number of benzene rings is 2. The van der Waals surface area contributed by atoms with Crippen LogP contribution in [0.25, 0.3) is 0 Å². The Morgan fingerprint density at radius 2 is 1.88 bits per heavy atom. The second-order valence-corrected chi connectivity index (χ2v) is 8.21. The molecule has 0 saturated heterocycles. The van der Waals surface area contributed by atoms with E-state index in [1.807, 2.05) is 6.07 Å². The van der Waals surface area contributed by atoms with E-state index in [0.29, 0.717) is 22.9 Å². The van der Waals surface area contributed by atoms with Gasteiger partial charge in [0.1, 0.15) is 4.90 Å². The first-order valence-electron chi connectivity index (χ1n) is 7.76. The van der Waals surface area contributed by atoms with Gasteiger partial charge in [0.25, 0.3) is 10.0 Å². The molecule has 8 heteroatoms. The van der Waals surface area contributed by atoms with Gasteiger partial charge < -0.3 is 14.8 Å². The van der Waals surface area contributed by atoms with Gasteiger partial charge in [-0.3, -0.25) is 4.72 Å². The number of anilines is 2. The molecule has 2 aromatic rings. The highest BCUT2D eigenvalue weighted by molar-refractivity contribution is 9.10. The third-order valence-corrected chi connectivity index (χ3v) is 5.86. The average molecular weight is 427 g/mol. The normalized spacial score (nSPS) is 13.6. The zero-order valence-electron chi connectivity index (χ0n) is 13.9. The van der Waals surface area contributed by atoms with Crippen LogP contribution in [0, 0.1) is 0 Å². The van der Waals surface area contributed by atoms with E-state index in [1.54, 1.807) is 24.3 Å². The van der Waals surface area contributed by atoms with E-state index in [2.05, 4.69) is 26.0 Å². The third kappa shape index (κ3) is 3.69. The van der Waals surface area contributed by atoms with Crippen LogP contribution >= 0.6 is 15.9 Å². The number of fused-ring (bicyclic) bond motifs is 1. The Balaban J connectivity index is 1.99. The summed E-state index contributed by atoms with van der Waals surface area (Å²) < 4.78 is 39.6. The summed E-state index contributed by atoms with van der Waals surface area (Å²) in [7, 11) is -0.727. The van der Waals surface area contributed by atoms with Crippen molar-refractivity contribution in [3.05, 3.63) is 40.4 Å². The summed E-state index contributed by atoms with van der Waals surface area (Å²) in [5, 5.41) is 3.21.